The number of hydrogen-bond donors (Lipinski definition) is 2. The Bertz CT molecular complexity index is 824. The Labute approximate surface area is 159 Å². The van der Waals surface area contributed by atoms with Gasteiger partial charge in [0.25, 0.3) is 0 Å². The summed E-state index contributed by atoms with van der Waals surface area (Å²) < 4.78 is 0. The number of nitrogens with zero attached hydrogens (tertiary/aromatic N) is 1. The van der Waals surface area contributed by atoms with Gasteiger partial charge in [0.15, 0.2) is 0 Å². The molecule has 0 unspecified atom stereocenters. The van der Waals surface area contributed by atoms with E-state index in [1.165, 1.54) is 0 Å². The molecule has 0 aliphatic heterocycles. The Morgan fingerprint density at radius 3 is 2.04 bits per heavy atom. The summed E-state index contributed by atoms with van der Waals surface area (Å²) in [6, 6.07) is 25.5. The lowest BCUT2D eigenvalue weighted by Gasteiger charge is -2.23. The minimum Gasteiger partial charge on any atom is -0.331 e. The van der Waals surface area contributed by atoms with Crippen LogP contribution < -0.4 is 10.6 Å². The van der Waals surface area contributed by atoms with Gasteiger partial charge in [-0.15, -0.1) is 0 Å². The fraction of sp³-hybridized carbons (Fsp3) is 0.217. The third-order valence-corrected chi connectivity index (χ3v) is 4.93. The lowest BCUT2D eigenvalue weighted by atomic mass is 10.0. The molecule has 4 rings (SSSR count). The van der Waals surface area contributed by atoms with Gasteiger partial charge in [0.2, 0.25) is 0 Å². The Morgan fingerprint density at radius 1 is 0.815 bits per heavy atom. The first-order valence-electron chi connectivity index (χ1n) is 9.39. The van der Waals surface area contributed by atoms with Gasteiger partial charge in [0.1, 0.15) is 0 Å². The number of pyridine rings is 1. The molecule has 1 heterocycles. The fourth-order valence-electron chi connectivity index (χ4n) is 3.40. The van der Waals surface area contributed by atoms with Crippen LogP contribution in [0.15, 0.2) is 85.1 Å². The zero-order valence-electron chi connectivity index (χ0n) is 15.1. The number of aromatic nitrogens is 1. The maximum Gasteiger partial charge on any atom is 0.316 e. The quantitative estimate of drug-likeness (QED) is 0.676. The summed E-state index contributed by atoms with van der Waals surface area (Å²) in [7, 11) is 0. The molecule has 0 spiro atoms. The third kappa shape index (κ3) is 4.34. The zero-order chi connectivity index (χ0) is 18.5. The molecular formula is C23H23N3O. The van der Waals surface area contributed by atoms with Crippen molar-refractivity contribution in [1.82, 2.24) is 15.6 Å². The molecule has 1 aliphatic carbocycles. The highest BCUT2D eigenvalue weighted by Crippen LogP contribution is 2.40. The molecule has 2 amide bonds. The number of nitrogens with one attached hydrogen (secondary N) is 2. The van der Waals surface area contributed by atoms with Crippen LogP contribution in [0.1, 0.15) is 41.7 Å². The maximum absolute atomic E-state index is 12.9. The van der Waals surface area contributed by atoms with E-state index in [4.69, 9.17) is 0 Å². The highest BCUT2D eigenvalue weighted by molar-refractivity contribution is 5.75. The van der Waals surface area contributed by atoms with Crippen LogP contribution in [0.3, 0.4) is 0 Å². The zero-order valence-corrected chi connectivity index (χ0v) is 15.1. The second-order valence-electron chi connectivity index (χ2n) is 6.94. The maximum atomic E-state index is 12.9. The van der Waals surface area contributed by atoms with E-state index in [0.717, 1.165) is 29.7 Å². The number of carbonyl (C=O) groups excluding carboxylic acids is 1. The van der Waals surface area contributed by atoms with E-state index >= 15 is 0 Å². The van der Waals surface area contributed by atoms with Gasteiger partial charge < -0.3 is 10.6 Å². The summed E-state index contributed by atoms with van der Waals surface area (Å²) in [4.78, 5) is 17.3. The third-order valence-electron chi connectivity index (χ3n) is 4.93. The van der Waals surface area contributed by atoms with Crippen LogP contribution in [0, 0.1) is 5.92 Å². The molecule has 2 atom stereocenters. The van der Waals surface area contributed by atoms with Crippen LogP contribution in [-0.2, 0) is 0 Å². The number of hydrogen-bond acceptors (Lipinski definition) is 2. The predicted molar refractivity (Wildman–Crippen MR) is 106 cm³/mol. The van der Waals surface area contributed by atoms with Gasteiger partial charge in [0.05, 0.1) is 17.8 Å². The Morgan fingerprint density at radius 2 is 1.44 bits per heavy atom. The lowest BCUT2D eigenvalue weighted by molar-refractivity contribution is 0.233. The molecule has 4 heteroatoms. The van der Waals surface area contributed by atoms with E-state index in [0.29, 0.717) is 5.92 Å². The van der Waals surface area contributed by atoms with Crippen LogP contribution in [0.25, 0.3) is 0 Å². The Balaban J connectivity index is 1.53. The van der Waals surface area contributed by atoms with Crippen molar-refractivity contribution in [3.05, 3.63) is 102 Å². The van der Waals surface area contributed by atoms with E-state index in [1.54, 1.807) is 6.20 Å². The van der Waals surface area contributed by atoms with Crippen molar-refractivity contribution in [3.8, 4) is 0 Å². The molecule has 0 saturated heterocycles. The largest absolute Gasteiger partial charge is 0.331 e. The van der Waals surface area contributed by atoms with E-state index in [2.05, 4.69) is 27.8 Å². The molecule has 1 aromatic heterocycles. The first-order chi connectivity index (χ1) is 13.3. The average Bonchev–Trinajstić information content (AvgIpc) is 3.57. The summed E-state index contributed by atoms with van der Waals surface area (Å²) in [6.45, 7) is 0. The lowest BCUT2D eigenvalue weighted by Crippen LogP contribution is -2.41. The van der Waals surface area contributed by atoms with Crippen molar-refractivity contribution in [1.29, 1.82) is 0 Å². The number of rotatable bonds is 6. The second kappa shape index (κ2) is 8.04. The van der Waals surface area contributed by atoms with Gasteiger partial charge in [-0.25, -0.2) is 4.79 Å². The molecule has 136 valence electrons. The number of urea groups is 1. The Hall–Kier alpha value is -3.14. The minimum atomic E-state index is -0.289. The molecular weight excluding hydrogens is 334 g/mol. The molecule has 1 saturated carbocycles. The van der Waals surface area contributed by atoms with E-state index in [-0.39, 0.29) is 18.1 Å². The van der Waals surface area contributed by atoms with Gasteiger partial charge in [0, 0.05) is 6.20 Å². The molecule has 0 radical (unpaired) electrons. The van der Waals surface area contributed by atoms with Crippen LogP contribution in [0.2, 0.25) is 0 Å². The van der Waals surface area contributed by atoms with Gasteiger partial charge in [-0.2, -0.15) is 0 Å². The predicted octanol–water partition coefficient (Wildman–Crippen LogP) is 4.62. The molecule has 3 aromatic rings. The first kappa shape index (κ1) is 17.3. The van der Waals surface area contributed by atoms with E-state index < -0.39 is 0 Å². The minimum absolute atomic E-state index is 0.0476. The molecule has 0 bridgehead atoms. The molecule has 1 aliphatic rings. The summed E-state index contributed by atoms with van der Waals surface area (Å²) in [5.41, 5.74) is 2.99. The molecule has 27 heavy (non-hydrogen) atoms. The van der Waals surface area contributed by atoms with Crippen molar-refractivity contribution in [3.63, 3.8) is 0 Å². The molecule has 1 fully saturated rings. The van der Waals surface area contributed by atoms with E-state index in [1.807, 2.05) is 66.7 Å². The topological polar surface area (TPSA) is 54.0 Å². The smallest absolute Gasteiger partial charge is 0.316 e. The van der Waals surface area contributed by atoms with Gasteiger partial charge >= 0.3 is 6.03 Å². The van der Waals surface area contributed by atoms with Crippen LogP contribution >= 0.6 is 0 Å². The molecule has 2 aromatic carbocycles. The number of benzene rings is 2. The monoisotopic (exact) mass is 357 g/mol. The van der Waals surface area contributed by atoms with Crippen molar-refractivity contribution >= 4 is 6.03 Å². The van der Waals surface area contributed by atoms with Crippen LogP contribution in [-0.4, -0.2) is 11.0 Å². The molecule has 2 N–H and O–H groups in total. The van der Waals surface area contributed by atoms with Crippen LogP contribution in [0.5, 0.6) is 0 Å². The van der Waals surface area contributed by atoms with Crippen LogP contribution in [0.4, 0.5) is 4.79 Å². The summed E-state index contributed by atoms with van der Waals surface area (Å²) in [5.74, 6) is 0.517. The SMILES string of the molecule is O=C(N[C@@H](c1ccccc1)c1ccccn1)N[C@@H](c1ccccc1)C1CC1. The number of carbonyl (C=O) groups is 1. The van der Waals surface area contributed by atoms with Gasteiger partial charge in [-0.1, -0.05) is 66.7 Å². The summed E-state index contributed by atoms with van der Waals surface area (Å²) in [6.07, 6.45) is 4.06. The normalized spacial score (nSPS) is 15.6. The van der Waals surface area contributed by atoms with Crippen molar-refractivity contribution < 1.29 is 4.79 Å². The van der Waals surface area contributed by atoms with E-state index in [9.17, 15) is 4.79 Å². The average molecular weight is 357 g/mol. The summed E-state index contributed by atoms with van der Waals surface area (Å²) >= 11 is 0. The highest BCUT2D eigenvalue weighted by Gasteiger charge is 2.33. The highest BCUT2D eigenvalue weighted by atomic mass is 16.2. The van der Waals surface area contributed by atoms with Crippen molar-refractivity contribution in [2.45, 2.75) is 24.9 Å². The second-order valence-corrected chi connectivity index (χ2v) is 6.94. The fourth-order valence-corrected chi connectivity index (χ4v) is 3.40. The van der Waals surface area contributed by atoms with Crippen molar-refractivity contribution in [2.24, 2.45) is 5.92 Å². The van der Waals surface area contributed by atoms with Crippen molar-refractivity contribution in [2.75, 3.05) is 0 Å². The first-order valence-corrected chi connectivity index (χ1v) is 9.39. The standard InChI is InChI=1S/C23H23N3O/c27-23(25-21(19-14-15-19)17-9-3-1-4-10-17)26-22(18-11-5-2-6-12-18)20-13-7-8-16-24-20/h1-13,16,19,21-22H,14-15H2,(H2,25,26,27)/t21-,22-/m0/s1. The van der Waals surface area contributed by atoms with Gasteiger partial charge in [-0.3, -0.25) is 4.98 Å². The summed E-state index contributed by atoms with van der Waals surface area (Å²) in [5, 5.41) is 6.31. The van der Waals surface area contributed by atoms with Gasteiger partial charge in [-0.05, 0) is 42.0 Å². The Kier molecular flexibility index (Phi) is 5.15. The number of amides is 2. The molecule has 4 nitrogen and oxygen atoms in total.